The molecule has 2 aliphatic carbocycles. The van der Waals surface area contributed by atoms with E-state index in [2.05, 4.69) is 12.2 Å². The summed E-state index contributed by atoms with van der Waals surface area (Å²) in [5.74, 6) is 1.68. The maximum absolute atomic E-state index is 10.3. The summed E-state index contributed by atoms with van der Waals surface area (Å²) in [6.07, 6.45) is 7.31. The van der Waals surface area contributed by atoms with Crippen molar-refractivity contribution in [3.63, 3.8) is 0 Å². The summed E-state index contributed by atoms with van der Waals surface area (Å²) < 4.78 is 36.4. The Hall–Kier alpha value is 0.610. The van der Waals surface area contributed by atoms with E-state index < -0.39 is 10.1 Å². The molecule has 0 aromatic rings. The van der Waals surface area contributed by atoms with Crippen LogP contribution in [0.25, 0.3) is 0 Å². The Bertz CT molecular complexity index is 366. The molecule has 4 nitrogen and oxygen atoms in total. The van der Waals surface area contributed by atoms with Gasteiger partial charge in [0.1, 0.15) is 0 Å². The summed E-state index contributed by atoms with van der Waals surface area (Å²) in [6.45, 7) is 1.07. The molecule has 0 aromatic carbocycles. The predicted molar refractivity (Wildman–Crippen MR) is 58.8 cm³/mol. The molecule has 1 saturated carbocycles. The van der Waals surface area contributed by atoms with Gasteiger partial charge in [-0.1, -0.05) is 12.2 Å². The minimum atomic E-state index is -4.07. The van der Waals surface area contributed by atoms with E-state index in [1.807, 2.05) is 0 Å². The molecule has 1 fully saturated rings. The van der Waals surface area contributed by atoms with Crippen LogP contribution in [0.1, 0.15) is 19.3 Å². The average molecular weight is 268 g/mol. The van der Waals surface area contributed by atoms with Gasteiger partial charge in [-0.25, -0.2) is 8.42 Å². The van der Waals surface area contributed by atoms with Crippen molar-refractivity contribution in [1.82, 2.24) is 0 Å². The van der Waals surface area contributed by atoms with Gasteiger partial charge in [0, 0.05) is 19.0 Å². The molecular formula is C11H17NaO4S. The zero-order valence-electron chi connectivity index (χ0n) is 10.2. The molecule has 2 bridgehead atoms. The van der Waals surface area contributed by atoms with E-state index in [0.29, 0.717) is 31.5 Å². The Kier molecular flexibility index (Phi) is 6.16. The topological polar surface area (TPSA) is 66.4 Å². The van der Waals surface area contributed by atoms with Crippen LogP contribution < -0.4 is 29.6 Å². The van der Waals surface area contributed by atoms with Crippen molar-refractivity contribution in [2.45, 2.75) is 19.3 Å². The van der Waals surface area contributed by atoms with Crippen LogP contribution >= 0.6 is 0 Å². The van der Waals surface area contributed by atoms with Crippen LogP contribution in [0.5, 0.6) is 0 Å². The maximum atomic E-state index is 10.3. The van der Waals surface area contributed by atoms with Crippen molar-refractivity contribution >= 4 is 10.1 Å². The largest absolute Gasteiger partial charge is 1.00 e. The van der Waals surface area contributed by atoms with E-state index in [4.69, 9.17) is 4.74 Å². The summed E-state index contributed by atoms with van der Waals surface area (Å²) in [6, 6.07) is 0. The maximum Gasteiger partial charge on any atom is 1.00 e. The molecule has 92 valence electrons. The van der Waals surface area contributed by atoms with Gasteiger partial charge in [-0.2, -0.15) is 0 Å². The van der Waals surface area contributed by atoms with Crippen molar-refractivity contribution in [1.29, 1.82) is 0 Å². The molecule has 17 heavy (non-hydrogen) atoms. The number of hydrogen-bond acceptors (Lipinski definition) is 4. The third kappa shape index (κ3) is 5.01. The van der Waals surface area contributed by atoms with Gasteiger partial charge in [0.15, 0.2) is 0 Å². The Labute approximate surface area is 125 Å². The van der Waals surface area contributed by atoms with Gasteiger partial charge in [-0.05, 0) is 37.0 Å². The number of rotatable bonds is 6. The average Bonchev–Trinajstić information content (AvgIpc) is 2.76. The molecule has 2 rings (SSSR count). The van der Waals surface area contributed by atoms with Gasteiger partial charge in [0.2, 0.25) is 0 Å². The molecule has 3 unspecified atom stereocenters. The number of fused-ring (bicyclic) bond motifs is 2. The minimum absolute atomic E-state index is 0. The molecular weight excluding hydrogens is 251 g/mol. The van der Waals surface area contributed by atoms with Crippen LogP contribution in [-0.4, -0.2) is 31.9 Å². The van der Waals surface area contributed by atoms with Crippen molar-refractivity contribution in [3.05, 3.63) is 12.2 Å². The fourth-order valence-electron chi connectivity index (χ4n) is 2.66. The first-order valence-corrected chi connectivity index (χ1v) is 7.32. The van der Waals surface area contributed by atoms with E-state index in [1.54, 1.807) is 0 Å². The molecule has 2 aliphatic rings. The molecule has 0 spiro atoms. The van der Waals surface area contributed by atoms with Crippen LogP contribution in [0.3, 0.4) is 0 Å². The van der Waals surface area contributed by atoms with Crippen molar-refractivity contribution < 1.29 is 47.3 Å². The Morgan fingerprint density at radius 3 is 2.59 bits per heavy atom. The molecule has 0 saturated heterocycles. The molecule has 0 aromatic heterocycles. The van der Waals surface area contributed by atoms with Gasteiger partial charge in [-0.15, -0.1) is 0 Å². The Morgan fingerprint density at radius 2 is 2.06 bits per heavy atom. The number of ether oxygens (including phenoxy) is 1. The first kappa shape index (κ1) is 15.7. The van der Waals surface area contributed by atoms with E-state index in [0.717, 1.165) is 5.92 Å². The van der Waals surface area contributed by atoms with Gasteiger partial charge in [0.25, 0.3) is 0 Å². The number of hydrogen-bond donors (Lipinski definition) is 0. The van der Waals surface area contributed by atoms with Gasteiger partial charge in [-0.3, -0.25) is 0 Å². The van der Waals surface area contributed by atoms with Crippen LogP contribution in [0.2, 0.25) is 0 Å². The summed E-state index contributed by atoms with van der Waals surface area (Å²) >= 11 is 0. The third-order valence-electron chi connectivity index (χ3n) is 3.43. The zero-order chi connectivity index (χ0) is 11.6. The minimum Gasteiger partial charge on any atom is -0.748 e. The zero-order valence-corrected chi connectivity index (χ0v) is 13.0. The SMILES string of the molecule is O=S(=O)([O-])CCCOCC1CC2C=CC1C2.[Na+]. The van der Waals surface area contributed by atoms with Crippen LogP contribution in [0.4, 0.5) is 0 Å². The molecule has 0 heterocycles. The molecule has 6 heteroatoms. The van der Waals surface area contributed by atoms with E-state index >= 15 is 0 Å². The van der Waals surface area contributed by atoms with Crippen LogP contribution in [0.15, 0.2) is 12.2 Å². The first-order valence-electron chi connectivity index (χ1n) is 5.74. The summed E-state index contributed by atoms with van der Waals surface area (Å²) in [5.41, 5.74) is 0. The van der Waals surface area contributed by atoms with Gasteiger partial charge in [0.05, 0.1) is 10.1 Å². The van der Waals surface area contributed by atoms with E-state index in [1.165, 1.54) is 12.8 Å². The standard InChI is InChI=1S/C11H18O4S.Na/c12-16(13,14)5-1-4-15-8-11-7-9-2-3-10(11)6-9;/h2-3,9-11H,1,4-8H2,(H,12,13,14);/q;+1/p-1. The van der Waals surface area contributed by atoms with Crippen LogP contribution in [0, 0.1) is 17.8 Å². The fraction of sp³-hybridized carbons (Fsp3) is 0.818. The normalized spacial score (nSPS) is 30.5. The molecule has 0 radical (unpaired) electrons. The van der Waals surface area contributed by atoms with Crippen molar-refractivity contribution in [3.8, 4) is 0 Å². The molecule has 0 N–H and O–H groups in total. The smallest absolute Gasteiger partial charge is 0.748 e. The van der Waals surface area contributed by atoms with E-state index in [-0.39, 0.29) is 35.3 Å². The first-order chi connectivity index (χ1) is 7.54. The summed E-state index contributed by atoms with van der Waals surface area (Å²) in [4.78, 5) is 0. The van der Waals surface area contributed by atoms with Crippen LogP contribution in [-0.2, 0) is 14.9 Å². The Morgan fingerprint density at radius 1 is 1.29 bits per heavy atom. The second-order valence-corrected chi connectivity index (χ2v) is 6.25. The third-order valence-corrected chi connectivity index (χ3v) is 4.22. The fourth-order valence-corrected chi connectivity index (χ4v) is 3.13. The molecule has 0 aliphatic heterocycles. The quantitative estimate of drug-likeness (QED) is 0.246. The van der Waals surface area contributed by atoms with Gasteiger partial charge >= 0.3 is 29.6 Å². The van der Waals surface area contributed by atoms with E-state index in [9.17, 15) is 13.0 Å². The molecule has 0 amide bonds. The molecule has 3 atom stereocenters. The monoisotopic (exact) mass is 268 g/mol. The predicted octanol–water partition coefficient (Wildman–Crippen LogP) is -1.85. The van der Waals surface area contributed by atoms with Gasteiger partial charge < -0.3 is 9.29 Å². The summed E-state index contributed by atoms with van der Waals surface area (Å²) in [5, 5.41) is 0. The number of allylic oxidation sites excluding steroid dienone is 2. The van der Waals surface area contributed by atoms with Crippen molar-refractivity contribution in [2.24, 2.45) is 17.8 Å². The Balaban J connectivity index is 0.00000144. The van der Waals surface area contributed by atoms with Crippen molar-refractivity contribution in [2.75, 3.05) is 19.0 Å². The second kappa shape index (κ2) is 6.68. The second-order valence-electron chi connectivity index (χ2n) is 4.73. The summed E-state index contributed by atoms with van der Waals surface area (Å²) in [7, 11) is -4.07.